The predicted octanol–water partition coefficient (Wildman–Crippen LogP) is 3.41. The van der Waals surface area contributed by atoms with Crippen LogP contribution in [0.25, 0.3) is 5.76 Å². The maximum absolute atomic E-state index is 14.3. The minimum Gasteiger partial charge on any atom is -0.423 e. The summed E-state index contributed by atoms with van der Waals surface area (Å²) in [6.07, 6.45) is 0.806. The molecule has 0 spiro atoms. The van der Waals surface area contributed by atoms with Gasteiger partial charge >= 0.3 is 6.03 Å². The zero-order chi connectivity index (χ0) is 21.9. The third-order valence-corrected chi connectivity index (χ3v) is 5.81. The topological polar surface area (TPSA) is 65.5 Å². The van der Waals surface area contributed by atoms with Gasteiger partial charge in [0.15, 0.2) is 18.0 Å². The van der Waals surface area contributed by atoms with Gasteiger partial charge in [0.25, 0.3) is 11.9 Å². The van der Waals surface area contributed by atoms with E-state index in [0.29, 0.717) is 11.3 Å². The monoisotopic (exact) mass is 444 g/mol. The van der Waals surface area contributed by atoms with Crippen molar-refractivity contribution in [3.05, 3.63) is 76.4 Å². The number of likely N-dealkylation sites (N-methyl/N-ethyl adjacent to an activating group) is 1. The highest BCUT2D eigenvalue weighted by atomic mass is 35.5. The molecule has 0 saturated carbocycles. The van der Waals surface area contributed by atoms with Gasteiger partial charge in [-0.3, -0.25) is 14.6 Å². The number of rotatable bonds is 3. The highest BCUT2D eigenvalue weighted by Gasteiger charge is 2.54. The molecular weight excluding hydrogens is 430 g/mol. The maximum Gasteiger partial charge on any atom is 0.328 e. The molecule has 3 heterocycles. The second kappa shape index (κ2) is 7.05. The molecule has 3 aliphatic rings. The number of fused-ring (bicyclic) bond motifs is 3. The van der Waals surface area contributed by atoms with Crippen molar-refractivity contribution >= 4 is 35.3 Å². The Hall–Kier alpha value is -3.46. The predicted molar refractivity (Wildman–Crippen MR) is 107 cm³/mol. The van der Waals surface area contributed by atoms with Crippen molar-refractivity contribution in [1.29, 1.82) is 0 Å². The Morgan fingerprint density at radius 1 is 1.13 bits per heavy atom. The van der Waals surface area contributed by atoms with Crippen LogP contribution in [0, 0.1) is 11.6 Å². The van der Waals surface area contributed by atoms with Crippen LogP contribution in [0.4, 0.5) is 13.6 Å². The number of nitrogens with zero attached hydrogens (tertiary/aromatic N) is 4. The van der Waals surface area contributed by atoms with Gasteiger partial charge in [-0.1, -0.05) is 17.7 Å². The van der Waals surface area contributed by atoms with Gasteiger partial charge in [-0.25, -0.2) is 18.6 Å². The third-order valence-electron chi connectivity index (χ3n) is 5.46. The quantitative estimate of drug-likeness (QED) is 0.727. The number of hydrogen-bond acceptors (Lipinski definition) is 5. The van der Waals surface area contributed by atoms with Crippen molar-refractivity contribution in [3.63, 3.8) is 0 Å². The summed E-state index contributed by atoms with van der Waals surface area (Å²) in [4.78, 5) is 34.3. The van der Waals surface area contributed by atoms with E-state index in [2.05, 4.69) is 4.99 Å². The molecule has 2 aromatic carbocycles. The van der Waals surface area contributed by atoms with E-state index in [0.717, 1.165) is 4.90 Å². The molecule has 0 aromatic heterocycles. The van der Waals surface area contributed by atoms with Crippen molar-refractivity contribution in [2.24, 2.45) is 4.99 Å². The number of hydrogen-bond donors (Lipinski definition) is 0. The van der Waals surface area contributed by atoms with E-state index in [9.17, 15) is 18.4 Å². The lowest BCUT2D eigenvalue weighted by molar-refractivity contribution is -0.137. The van der Waals surface area contributed by atoms with Crippen molar-refractivity contribution in [2.75, 3.05) is 7.05 Å². The number of carbonyl (C=O) groups is 2. The molecule has 7 nitrogen and oxygen atoms in total. The van der Waals surface area contributed by atoms with Crippen LogP contribution in [-0.4, -0.2) is 51.9 Å². The van der Waals surface area contributed by atoms with Crippen molar-refractivity contribution in [3.8, 4) is 0 Å². The highest BCUT2D eigenvalue weighted by molar-refractivity contribution is 6.31. The number of urea groups is 1. The summed E-state index contributed by atoms with van der Waals surface area (Å²) in [5.74, 6) is -1.14. The first-order valence-corrected chi connectivity index (χ1v) is 9.76. The SMILES string of the molecule is CN1C(=O)N(Cc2c(F)cccc2Cl)C(=O)C2C1N=C1OC(c3ccc(F)cc3)=CN12. The van der Waals surface area contributed by atoms with E-state index in [-0.39, 0.29) is 29.0 Å². The van der Waals surface area contributed by atoms with Gasteiger partial charge in [-0.2, -0.15) is 0 Å². The van der Waals surface area contributed by atoms with Crippen LogP contribution < -0.4 is 0 Å². The normalized spacial score (nSPS) is 22.3. The Kier molecular flexibility index (Phi) is 4.44. The van der Waals surface area contributed by atoms with E-state index in [1.165, 1.54) is 47.2 Å². The molecule has 0 bridgehead atoms. The first-order valence-electron chi connectivity index (χ1n) is 9.38. The first-order chi connectivity index (χ1) is 14.8. The average Bonchev–Trinajstić information content (AvgIpc) is 3.30. The average molecular weight is 445 g/mol. The van der Waals surface area contributed by atoms with Crippen LogP contribution in [0.3, 0.4) is 0 Å². The van der Waals surface area contributed by atoms with Crippen LogP contribution in [0.5, 0.6) is 0 Å². The summed E-state index contributed by atoms with van der Waals surface area (Å²) in [5.41, 5.74) is 0.662. The van der Waals surface area contributed by atoms with Crippen molar-refractivity contribution < 1.29 is 23.1 Å². The second-order valence-corrected chi connectivity index (χ2v) is 7.70. The fraction of sp³-hybridized carbons (Fsp3) is 0.190. The van der Waals surface area contributed by atoms with E-state index in [4.69, 9.17) is 16.3 Å². The van der Waals surface area contributed by atoms with Gasteiger partial charge in [0.05, 0.1) is 12.7 Å². The van der Waals surface area contributed by atoms with Crippen LogP contribution >= 0.6 is 11.6 Å². The number of carbonyl (C=O) groups excluding carboxylic acids is 2. The van der Waals surface area contributed by atoms with Crippen molar-refractivity contribution in [1.82, 2.24) is 14.7 Å². The Labute approximate surface area is 180 Å². The van der Waals surface area contributed by atoms with Gasteiger partial charge in [0.2, 0.25) is 0 Å². The molecule has 5 rings (SSSR count). The fourth-order valence-electron chi connectivity index (χ4n) is 3.82. The molecule has 0 radical (unpaired) electrons. The van der Waals surface area contributed by atoms with Crippen LogP contribution in [0.15, 0.2) is 53.7 Å². The number of benzene rings is 2. The Morgan fingerprint density at radius 3 is 2.58 bits per heavy atom. The van der Waals surface area contributed by atoms with E-state index in [1.54, 1.807) is 18.3 Å². The molecule has 31 heavy (non-hydrogen) atoms. The molecule has 3 aliphatic heterocycles. The third kappa shape index (κ3) is 3.04. The van der Waals surface area contributed by atoms with Crippen LogP contribution in [0.1, 0.15) is 11.1 Å². The molecule has 2 atom stereocenters. The zero-order valence-corrected chi connectivity index (χ0v) is 16.9. The Morgan fingerprint density at radius 2 is 1.87 bits per heavy atom. The number of halogens is 3. The minimum atomic E-state index is -0.874. The molecule has 158 valence electrons. The Balaban J connectivity index is 1.46. The lowest BCUT2D eigenvalue weighted by Gasteiger charge is -2.39. The number of aliphatic imine (C=N–C) groups is 1. The molecular formula is C21H15ClF2N4O3. The van der Waals surface area contributed by atoms with E-state index < -0.39 is 30.0 Å². The first kappa shape index (κ1) is 19.5. The number of amides is 3. The smallest absolute Gasteiger partial charge is 0.328 e. The molecule has 10 heteroatoms. The molecule has 0 aliphatic carbocycles. The van der Waals surface area contributed by atoms with Crippen molar-refractivity contribution in [2.45, 2.75) is 18.8 Å². The van der Waals surface area contributed by atoms with Gasteiger partial charge < -0.3 is 9.64 Å². The van der Waals surface area contributed by atoms with Crippen LogP contribution in [0.2, 0.25) is 5.02 Å². The highest BCUT2D eigenvalue weighted by Crippen LogP contribution is 2.36. The fourth-order valence-corrected chi connectivity index (χ4v) is 4.04. The van der Waals surface area contributed by atoms with E-state index >= 15 is 0 Å². The summed E-state index contributed by atoms with van der Waals surface area (Å²) in [7, 11) is 1.51. The van der Waals surface area contributed by atoms with Gasteiger partial charge in [-0.15, -0.1) is 0 Å². The molecule has 3 amide bonds. The number of imide groups is 1. The standard InChI is InChI=1S/C21H15ClF2N4O3/c1-26-18-17(19(29)28(21(26)30)9-13-14(22)3-2-4-15(13)24)27-10-16(31-20(27)25-18)11-5-7-12(23)8-6-11/h2-8,10,17-18H,9H2,1H3. The van der Waals surface area contributed by atoms with Gasteiger partial charge in [0, 0.05) is 23.2 Å². The summed E-state index contributed by atoms with van der Waals surface area (Å²) in [5, 5.41) is 0.122. The van der Waals surface area contributed by atoms with Gasteiger partial charge in [-0.05, 0) is 36.4 Å². The number of amidine groups is 1. The summed E-state index contributed by atoms with van der Waals surface area (Å²) in [6, 6.07) is 8.52. The summed E-state index contributed by atoms with van der Waals surface area (Å²) >= 11 is 6.09. The van der Waals surface area contributed by atoms with Gasteiger partial charge in [0.1, 0.15) is 11.6 Å². The lowest BCUT2D eigenvalue weighted by atomic mass is 10.1. The zero-order valence-electron chi connectivity index (χ0n) is 16.1. The molecule has 2 aromatic rings. The summed E-state index contributed by atoms with van der Waals surface area (Å²) < 4.78 is 33.2. The summed E-state index contributed by atoms with van der Waals surface area (Å²) in [6.45, 7) is -0.310. The maximum atomic E-state index is 14.3. The lowest BCUT2D eigenvalue weighted by Crippen LogP contribution is -2.63. The Bertz CT molecular complexity index is 1150. The minimum absolute atomic E-state index is 0.0528. The molecule has 1 fully saturated rings. The molecule has 1 saturated heterocycles. The molecule has 0 N–H and O–H groups in total. The second-order valence-electron chi connectivity index (χ2n) is 7.30. The molecule has 2 unspecified atom stereocenters. The van der Waals surface area contributed by atoms with E-state index in [1.807, 2.05) is 0 Å². The van der Waals surface area contributed by atoms with Crippen LogP contribution in [-0.2, 0) is 16.1 Å². The largest absolute Gasteiger partial charge is 0.423 e. The number of ether oxygens (including phenoxy) is 1.